The third-order valence-electron chi connectivity index (χ3n) is 2.09. The van der Waals surface area contributed by atoms with Crippen molar-refractivity contribution >= 4 is 29.4 Å². The number of nitrogens with zero attached hydrogens (tertiary/aromatic N) is 1. The van der Waals surface area contributed by atoms with Crippen LogP contribution in [0.1, 0.15) is 27.7 Å². The molecule has 0 aliphatic rings. The Balaban J connectivity index is 4.71. The number of hydrogen-bond acceptors (Lipinski definition) is 3. The second-order valence-corrected chi connectivity index (χ2v) is 4.33. The highest BCUT2D eigenvalue weighted by molar-refractivity contribution is 6.44. The van der Waals surface area contributed by atoms with Gasteiger partial charge >= 0.3 is 5.97 Å². The zero-order valence-electron chi connectivity index (χ0n) is 9.82. The molecule has 0 aromatic rings. The van der Waals surface area contributed by atoms with E-state index in [1.165, 1.54) is 0 Å². The van der Waals surface area contributed by atoms with Crippen molar-refractivity contribution in [2.45, 2.75) is 33.7 Å². The molecule has 0 unspecified atom stereocenters. The van der Waals surface area contributed by atoms with Gasteiger partial charge in [0.1, 0.15) is 11.8 Å². The van der Waals surface area contributed by atoms with E-state index in [1.807, 2.05) is 0 Å². The number of carbonyl (C=O) groups excluding carboxylic acids is 1. The number of amides is 1. The zero-order chi connectivity index (χ0) is 12.9. The van der Waals surface area contributed by atoms with Gasteiger partial charge in [-0.2, -0.15) is 4.51 Å². The lowest BCUT2D eigenvalue weighted by Crippen LogP contribution is -2.47. The molecule has 1 amide bonds. The highest BCUT2D eigenvalue weighted by Crippen LogP contribution is 2.05. The molecule has 0 bridgehead atoms. The minimum Gasteiger partial charge on any atom is -0.480 e. The Morgan fingerprint density at radius 1 is 1.25 bits per heavy atom. The third kappa shape index (κ3) is 4.18. The van der Waals surface area contributed by atoms with Crippen molar-refractivity contribution in [1.82, 2.24) is 5.32 Å². The van der Waals surface area contributed by atoms with E-state index in [0.717, 1.165) is 0 Å². The molecule has 6 heteroatoms. The van der Waals surface area contributed by atoms with Crippen molar-refractivity contribution in [2.75, 3.05) is 0 Å². The molecule has 0 saturated carbocycles. The van der Waals surface area contributed by atoms with E-state index in [9.17, 15) is 9.59 Å². The standard InChI is InChI=1S/C10H17ClN2O3/c1-5(2)7(13-11)9(14)12-8(6(3)4)10(15)16/h5-6,8H,1-4H3,(H,12,14)(H,15,16)/b13-7+/t8-/m0/s1. The molecule has 2 N–H and O–H groups in total. The Hall–Kier alpha value is -1.10. The number of carboxylic acid groups (broad SMARTS) is 1. The smallest absolute Gasteiger partial charge is 0.326 e. The summed E-state index contributed by atoms with van der Waals surface area (Å²) in [7, 11) is 0. The summed E-state index contributed by atoms with van der Waals surface area (Å²) >= 11 is 5.28. The Labute approximate surface area is 100 Å². The summed E-state index contributed by atoms with van der Waals surface area (Å²) in [5.41, 5.74) is 0.133. The normalized spacial score (nSPS) is 14.1. The summed E-state index contributed by atoms with van der Waals surface area (Å²) in [6, 6.07) is -0.931. The van der Waals surface area contributed by atoms with Gasteiger partial charge in [0, 0.05) is 17.7 Å². The largest absolute Gasteiger partial charge is 0.480 e. The second kappa shape index (κ2) is 6.48. The molecular formula is C10H17ClN2O3. The number of aliphatic carboxylic acids is 1. The first-order valence-electron chi connectivity index (χ1n) is 5.03. The summed E-state index contributed by atoms with van der Waals surface area (Å²) in [4.78, 5) is 22.5. The van der Waals surface area contributed by atoms with Gasteiger partial charge in [0.05, 0.1) is 0 Å². The van der Waals surface area contributed by atoms with Crippen LogP contribution in [-0.4, -0.2) is 28.7 Å². The molecule has 0 saturated heterocycles. The zero-order valence-corrected chi connectivity index (χ0v) is 10.6. The summed E-state index contributed by atoms with van der Waals surface area (Å²) in [6.45, 7) is 6.94. The molecule has 0 aliphatic heterocycles. The van der Waals surface area contributed by atoms with Crippen LogP contribution in [0.5, 0.6) is 0 Å². The van der Waals surface area contributed by atoms with Crippen molar-refractivity contribution in [2.24, 2.45) is 16.3 Å². The average Bonchev–Trinajstić information content (AvgIpc) is 2.13. The molecule has 0 heterocycles. The number of carbonyl (C=O) groups is 2. The highest BCUT2D eigenvalue weighted by Gasteiger charge is 2.26. The number of rotatable bonds is 5. The van der Waals surface area contributed by atoms with Gasteiger partial charge < -0.3 is 10.4 Å². The topological polar surface area (TPSA) is 78.8 Å². The van der Waals surface area contributed by atoms with Gasteiger partial charge in [-0.15, -0.1) is 0 Å². The number of carboxylic acids is 1. The van der Waals surface area contributed by atoms with Gasteiger partial charge in [0.15, 0.2) is 0 Å². The van der Waals surface area contributed by atoms with Gasteiger partial charge in [0.2, 0.25) is 0 Å². The fourth-order valence-corrected chi connectivity index (χ4v) is 1.40. The van der Waals surface area contributed by atoms with Gasteiger partial charge in [-0.1, -0.05) is 27.7 Å². The van der Waals surface area contributed by atoms with Crippen LogP contribution in [0.2, 0.25) is 0 Å². The first-order valence-corrected chi connectivity index (χ1v) is 5.37. The number of hydrogen-bond donors (Lipinski definition) is 2. The molecule has 5 nitrogen and oxygen atoms in total. The van der Waals surface area contributed by atoms with Gasteiger partial charge in [-0.05, 0) is 5.92 Å². The predicted molar refractivity (Wildman–Crippen MR) is 62.5 cm³/mol. The van der Waals surface area contributed by atoms with Crippen LogP contribution in [0.3, 0.4) is 0 Å². The minimum atomic E-state index is -1.07. The predicted octanol–water partition coefficient (Wildman–Crippen LogP) is 1.46. The fourth-order valence-electron chi connectivity index (χ4n) is 1.13. The van der Waals surface area contributed by atoms with Crippen molar-refractivity contribution in [1.29, 1.82) is 0 Å². The molecule has 1 atom stereocenters. The molecule has 0 spiro atoms. The minimum absolute atomic E-state index is 0.133. The quantitative estimate of drug-likeness (QED) is 0.723. The van der Waals surface area contributed by atoms with Crippen LogP contribution in [0.15, 0.2) is 4.51 Å². The Bertz CT molecular complexity index is 300. The van der Waals surface area contributed by atoms with E-state index in [4.69, 9.17) is 16.9 Å². The Kier molecular flexibility index (Phi) is 6.03. The Morgan fingerprint density at radius 3 is 2.00 bits per heavy atom. The van der Waals surface area contributed by atoms with Gasteiger partial charge in [0.25, 0.3) is 5.91 Å². The molecule has 0 fully saturated rings. The highest BCUT2D eigenvalue weighted by atomic mass is 35.5. The number of halogens is 1. The van der Waals surface area contributed by atoms with Crippen molar-refractivity contribution < 1.29 is 14.7 Å². The van der Waals surface area contributed by atoms with Crippen molar-refractivity contribution in [3.63, 3.8) is 0 Å². The van der Waals surface area contributed by atoms with E-state index in [1.54, 1.807) is 27.7 Å². The molecule has 0 aromatic heterocycles. The molecule has 92 valence electrons. The van der Waals surface area contributed by atoms with E-state index in [-0.39, 0.29) is 17.5 Å². The molecule has 0 aromatic carbocycles. The van der Waals surface area contributed by atoms with Crippen molar-refractivity contribution in [3.05, 3.63) is 0 Å². The van der Waals surface area contributed by atoms with Gasteiger partial charge in [-0.25, -0.2) is 4.79 Å². The molecule has 0 radical (unpaired) electrons. The average molecular weight is 249 g/mol. The van der Waals surface area contributed by atoms with E-state index >= 15 is 0 Å². The van der Waals surface area contributed by atoms with Gasteiger partial charge in [-0.3, -0.25) is 4.79 Å². The molecule has 0 aliphatic carbocycles. The number of nitrogens with one attached hydrogen (secondary N) is 1. The lowest BCUT2D eigenvalue weighted by Gasteiger charge is -2.18. The second-order valence-electron chi connectivity index (χ2n) is 4.16. The van der Waals surface area contributed by atoms with Crippen LogP contribution in [0.4, 0.5) is 0 Å². The third-order valence-corrected chi connectivity index (χ3v) is 2.27. The molecule has 16 heavy (non-hydrogen) atoms. The monoisotopic (exact) mass is 248 g/mol. The van der Waals surface area contributed by atoms with E-state index in [2.05, 4.69) is 9.83 Å². The molecular weight excluding hydrogens is 232 g/mol. The molecule has 0 rings (SSSR count). The van der Waals surface area contributed by atoms with Crippen LogP contribution in [0, 0.1) is 11.8 Å². The Morgan fingerprint density at radius 2 is 1.75 bits per heavy atom. The first kappa shape index (κ1) is 14.9. The summed E-state index contributed by atoms with van der Waals surface area (Å²) in [5.74, 6) is -1.96. The maximum atomic E-state index is 11.6. The van der Waals surface area contributed by atoms with Crippen molar-refractivity contribution in [3.8, 4) is 0 Å². The van der Waals surface area contributed by atoms with E-state index in [0.29, 0.717) is 0 Å². The maximum Gasteiger partial charge on any atom is 0.326 e. The van der Waals surface area contributed by atoms with Crippen LogP contribution in [-0.2, 0) is 9.59 Å². The SMILES string of the molecule is CC(C)/C(=N\Cl)C(=O)N[C@H](C(=O)O)C(C)C. The van der Waals surface area contributed by atoms with E-state index < -0.39 is 17.9 Å². The lowest BCUT2D eigenvalue weighted by atomic mass is 10.0. The summed E-state index contributed by atoms with van der Waals surface area (Å²) in [5, 5.41) is 11.3. The van der Waals surface area contributed by atoms with Crippen LogP contribution < -0.4 is 5.32 Å². The fraction of sp³-hybridized carbons (Fsp3) is 0.700. The van der Waals surface area contributed by atoms with Crippen LogP contribution in [0.25, 0.3) is 0 Å². The lowest BCUT2D eigenvalue weighted by molar-refractivity contribution is -0.142. The summed E-state index contributed by atoms with van der Waals surface area (Å²) in [6.07, 6.45) is 0. The first-order chi connectivity index (χ1) is 7.31. The van der Waals surface area contributed by atoms with Crippen LogP contribution >= 0.6 is 11.8 Å². The maximum absolute atomic E-state index is 11.6. The summed E-state index contributed by atoms with van der Waals surface area (Å²) < 4.78 is 3.34.